The third-order valence-corrected chi connectivity index (χ3v) is 4.14. The van der Waals surface area contributed by atoms with Crippen LogP contribution in [0.3, 0.4) is 0 Å². The predicted molar refractivity (Wildman–Crippen MR) is 60.2 cm³/mol. The van der Waals surface area contributed by atoms with Gasteiger partial charge in [-0.3, -0.25) is 4.98 Å². The third-order valence-electron chi connectivity index (χ3n) is 3.26. The fourth-order valence-electron chi connectivity index (χ4n) is 2.43. The van der Waals surface area contributed by atoms with Crippen LogP contribution in [0, 0.1) is 11.8 Å². The lowest BCUT2D eigenvalue weighted by Crippen LogP contribution is -2.25. The molecule has 0 radical (unpaired) electrons. The fraction of sp³-hybridized carbons (Fsp3) is 0.727. The number of hydrogen-bond donors (Lipinski definition) is 1. The molecular formula is C11H18N2S. The molecule has 0 amide bonds. The fourth-order valence-corrected chi connectivity index (χ4v) is 3.14. The Morgan fingerprint density at radius 1 is 1.57 bits per heavy atom. The second kappa shape index (κ2) is 4.41. The molecule has 1 saturated carbocycles. The van der Waals surface area contributed by atoms with Gasteiger partial charge in [0.25, 0.3) is 0 Å². The smallest absolute Gasteiger partial charge is 0.0794 e. The average Bonchev–Trinajstić information content (AvgIpc) is 2.69. The van der Waals surface area contributed by atoms with Gasteiger partial charge in [-0.2, -0.15) is 0 Å². The van der Waals surface area contributed by atoms with Gasteiger partial charge in [0, 0.05) is 17.1 Å². The Labute approximate surface area is 89.5 Å². The van der Waals surface area contributed by atoms with Crippen molar-refractivity contribution in [2.75, 3.05) is 0 Å². The highest BCUT2D eigenvalue weighted by atomic mass is 32.1. The van der Waals surface area contributed by atoms with Gasteiger partial charge in [-0.05, 0) is 24.7 Å². The Balaban J connectivity index is 2.00. The van der Waals surface area contributed by atoms with Crippen molar-refractivity contribution >= 4 is 11.3 Å². The van der Waals surface area contributed by atoms with E-state index in [1.165, 1.54) is 30.6 Å². The molecule has 78 valence electrons. The Bertz CT molecular complexity index is 271. The monoisotopic (exact) mass is 210 g/mol. The summed E-state index contributed by atoms with van der Waals surface area (Å²) in [4.78, 5) is 5.35. The predicted octanol–water partition coefficient (Wildman–Crippen LogP) is 2.97. The molecule has 2 nitrogen and oxygen atoms in total. The van der Waals surface area contributed by atoms with E-state index < -0.39 is 0 Å². The van der Waals surface area contributed by atoms with Crippen LogP contribution in [0.25, 0.3) is 0 Å². The second-order valence-corrected chi connectivity index (χ2v) is 5.38. The molecule has 0 spiro atoms. The molecule has 1 aliphatic rings. The van der Waals surface area contributed by atoms with Gasteiger partial charge in [0.05, 0.1) is 5.51 Å². The largest absolute Gasteiger partial charge is 0.323 e. The summed E-state index contributed by atoms with van der Waals surface area (Å²) in [6.45, 7) is 2.34. The van der Waals surface area contributed by atoms with Crippen LogP contribution in [0.1, 0.15) is 43.5 Å². The summed E-state index contributed by atoms with van der Waals surface area (Å²) >= 11 is 1.69. The molecule has 1 fully saturated rings. The minimum atomic E-state index is 0.227. The highest BCUT2D eigenvalue weighted by molar-refractivity contribution is 7.09. The van der Waals surface area contributed by atoms with Crippen LogP contribution in [0.4, 0.5) is 0 Å². The van der Waals surface area contributed by atoms with Gasteiger partial charge in [0.1, 0.15) is 0 Å². The van der Waals surface area contributed by atoms with Crippen molar-refractivity contribution in [1.29, 1.82) is 0 Å². The summed E-state index contributed by atoms with van der Waals surface area (Å²) in [6, 6.07) is 0.227. The maximum atomic E-state index is 6.25. The maximum Gasteiger partial charge on any atom is 0.0794 e. The topological polar surface area (TPSA) is 38.9 Å². The Morgan fingerprint density at radius 2 is 2.43 bits per heavy atom. The molecular weight excluding hydrogens is 192 g/mol. The molecule has 3 atom stereocenters. The van der Waals surface area contributed by atoms with Crippen molar-refractivity contribution in [3.8, 4) is 0 Å². The second-order valence-electron chi connectivity index (χ2n) is 4.46. The zero-order valence-electron chi connectivity index (χ0n) is 8.65. The van der Waals surface area contributed by atoms with E-state index in [-0.39, 0.29) is 6.04 Å². The molecule has 1 aromatic heterocycles. The molecule has 0 saturated heterocycles. The molecule has 14 heavy (non-hydrogen) atoms. The van der Waals surface area contributed by atoms with Crippen molar-refractivity contribution in [1.82, 2.24) is 4.98 Å². The lowest BCUT2D eigenvalue weighted by molar-refractivity contribution is 0.249. The van der Waals surface area contributed by atoms with Crippen molar-refractivity contribution in [3.63, 3.8) is 0 Å². The minimum absolute atomic E-state index is 0.227. The zero-order chi connectivity index (χ0) is 9.97. The molecule has 3 unspecified atom stereocenters. The molecule has 0 bridgehead atoms. The van der Waals surface area contributed by atoms with E-state index in [0.717, 1.165) is 5.92 Å². The van der Waals surface area contributed by atoms with Crippen LogP contribution < -0.4 is 5.73 Å². The summed E-state index contributed by atoms with van der Waals surface area (Å²) in [5, 5.41) is 0. The zero-order valence-corrected chi connectivity index (χ0v) is 9.46. The third kappa shape index (κ3) is 2.15. The van der Waals surface area contributed by atoms with Crippen molar-refractivity contribution in [3.05, 3.63) is 16.6 Å². The summed E-state index contributed by atoms with van der Waals surface area (Å²) in [5.74, 6) is 1.53. The van der Waals surface area contributed by atoms with E-state index in [2.05, 4.69) is 11.9 Å². The van der Waals surface area contributed by atoms with Gasteiger partial charge >= 0.3 is 0 Å². The number of nitrogens with zero attached hydrogens (tertiary/aromatic N) is 1. The Kier molecular flexibility index (Phi) is 3.19. The van der Waals surface area contributed by atoms with Gasteiger partial charge in [-0.25, -0.2) is 0 Å². The summed E-state index contributed by atoms with van der Waals surface area (Å²) < 4.78 is 0. The highest BCUT2D eigenvalue weighted by Crippen LogP contribution is 2.36. The Morgan fingerprint density at radius 3 is 3.07 bits per heavy atom. The quantitative estimate of drug-likeness (QED) is 0.815. The van der Waals surface area contributed by atoms with Gasteiger partial charge in [-0.1, -0.05) is 19.8 Å². The number of nitrogens with two attached hydrogens (primary N) is 1. The SMILES string of the molecule is CC1CCCC(C(N)c2cncs2)C1. The molecule has 2 rings (SSSR count). The van der Waals surface area contributed by atoms with E-state index >= 15 is 0 Å². The average molecular weight is 210 g/mol. The van der Waals surface area contributed by atoms with E-state index in [0.29, 0.717) is 5.92 Å². The van der Waals surface area contributed by atoms with Crippen LogP contribution in [-0.2, 0) is 0 Å². The van der Waals surface area contributed by atoms with Gasteiger partial charge in [0.2, 0.25) is 0 Å². The van der Waals surface area contributed by atoms with Crippen molar-refractivity contribution in [2.45, 2.75) is 38.6 Å². The molecule has 0 aromatic carbocycles. The first-order valence-electron chi connectivity index (χ1n) is 5.41. The van der Waals surface area contributed by atoms with Gasteiger partial charge < -0.3 is 5.73 Å². The molecule has 3 heteroatoms. The molecule has 1 heterocycles. The number of thiazole rings is 1. The van der Waals surface area contributed by atoms with E-state index in [9.17, 15) is 0 Å². The van der Waals surface area contributed by atoms with Crippen LogP contribution in [0.2, 0.25) is 0 Å². The minimum Gasteiger partial charge on any atom is -0.323 e. The van der Waals surface area contributed by atoms with Crippen molar-refractivity contribution in [2.24, 2.45) is 17.6 Å². The normalized spacial score (nSPS) is 30.1. The molecule has 1 aliphatic carbocycles. The standard InChI is InChI=1S/C11H18N2S/c1-8-3-2-4-9(5-8)11(12)10-6-13-7-14-10/h6-9,11H,2-5,12H2,1H3. The van der Waals surface area contributed by atoms with Crippen LogP contribution in [-0.4, -0.2) is 4.98 Å². The van der Waals surface area contributed by atoms with Crippen molar-refractivity contribution < 1.29 is 0 Å². The summed E-state index contributed by atoms with van der Waals surface area (Å²) in [5.41, 5.74) is 8.12. The van der Waals surface area contributed by atoms with Crippen LogP contribution in [0.15, 0.2) is 11.7 Å². The number of rotatable bonds is 2. The van der Waals surface area contributed by atoms with Gasteiger partial charge in [-0.15, -0.1) is 11.3 Å². The van der Waals surface area contributed by atoms with E-state index in [1.807, 2.05) is 11.7 Å². The molecule has 1 aromatic rings. The number of hydrogen-bond acceptors (Lipinski definition) is 3. The van der Waals surface area contributed by atoms with Gasteiger partial charge in [0.15, 0.2) is 0 Å². The Hall–Kier alpha value is -0.410. The summed E-state index contributed by atoms with van der Waals surface area (Å²) in [6.07, 6.45) is 7.24. The molecule has 0 aliphatic heterocycles. The van der Waals surface area contributed by atoms with Crippen LogP contribution >= 0.6 is 11.3 Å². The first kappa shape index (κ1) is 10.1. The lowest BCUT2D eigenvalue weighted by atomic mass is 9.78. The summed E-state index contributed by atoms with van der Waals surface area (Å²) in [7, 11) is 0. The molecule has 2 N–H and O–H groups in total. The van der Waals surface area contributed by atoms with E-state index in [4.69, 9.17) is 5.73 Å². The first-order valence-corrected chi connectivity index (χ1v) is 6.29. The number of aromatic nitrogens is 1. The van der Waals surface area contributed by atoms with E-state index in [1.54, 1.807) is 11.3 Å². The first-order chi connectivity index (χ1) is 6.77. The maximum absolute atomic E-state index is 6.25. The van der Waals surface area contributed by atoms with Crippen LogP contribution in [0.5, 0.6) is 0 Å². The highest BCUT2D eigenvalue weighted by Gasteiger charge is 2.25. The lowest BCUT2D eigenvalue weighted by Gasteiger charge is -2.30.